The highest BCUT2D eigenvalue weighted by molar-refractivity contribution is 5.95. The lowest BCUT2D eigenvalue weighted by Crippen LogP contribution is -2.20. The van der Waals surface area contributed by atoms with Gasteiger partial charge in [0.25, 0.3) is 11.5 Å². The van der Waals surface area contributed by atoms with Gasteiger partial charge < -0.3 is 4.42 Å². The molecule has 2 aromatic heterocycles. The van der Waals surface area contributed by atoms with Gasteiger partial charge in [0.15, 0.2) is 0 Å². The molecule has 0 aliphatic heterocycles. The third kappa shape index (κ3) is 2.91. The summed E-state index contributed by atoms with van der Waals surface area (Å²) in [4.78, 5) is 24.4. The number of aromatic amines is 1. The number of nitrogens with zero attached hydrogens (tertiary/aromatic N) is 2. The van der Waals surface area contributed by atoms with E-state index in [1.54, 1.807) is 19.9 Å². The van der Waals surface area contributed by atoms with E-state index in [-0.39, 0.29) is 5.56 Å². The van der Waals surface area contributed by atoms with Crippen molar-refractivity contribution in [1.29, 1.82) is 0 Å². The molecule has 2 heterocycles. The zero-order chi connectivity index (χ0) is 17.1. The van der Waals surface area contributed by atoms with Gasteiger partial charge in [-0.25, -0.2) is 10.1 Å². The number of hydrogen-bond donors (Lipinski definition) is 2. The highest BCUT2D eigenvalue weighted by Gasteiger charge is 2.12. The zero-order valence-electron chi connectivity index (χ0n) is 13.2. The van der Waals surface area contributed by atoms with E-state index in [1.165, 1.54) is 17.2 Å². The smallest absolute Gasteiger partial charge is 0.280 e. The van der Waals surface area contributed by atoms with E-state index in [1.807, 2.05) is 30.3 Å². The molecule has 0 atom stereocenters. The van der Waals surface area contributed by atoms with Gasteiger partial charge in [-0.05, 0) is 32.0 Å². The maximum atomic E-state index is 12.5. The number of para-hydroxylation sites is 1. The second kappa shape index (κ2) is 6.41. The molecule has 3 aromatic rings. The van der Waals surface area contributed by atoms with Crippen LogP contribution in [0.4, 0.5) is 0 Å². The summed E-state index contributed by atoms with van der Waals surface area (Å²) >= 11 is 0. The number of H-pyrrole nitrogens is 1. The van der Waals surface area contributed by atoms with E-state index in [0.29, 0.717) is 22.6 Å². The maximum Gasteiger partial charge on any atom is 0.280 e. The van der Waals surface area contributed by atoms with Crippen molar-refractivity contribution in [3.8, 4) is 5.69 Å². The van der Waals surface area contributed by atoms with E-state index in [0.717, 1.165) is 5.69 Å². The Kier molecular flexibility index (Phi) is 4.15. The molecule has 7 heteroatoms. The van der Waals surface area contributed by atoms with Crippen LogP contribution in [0.15, 0.2) is 57.0 Å². The molecule has 0 aliphatic carbocycles. The van der Waals surface area contributed by atoms with Crippen molar-refractivity contribution >= 4 is 12.1 Å². The van der Waals surface area contributed by atoms with Gasteiger partial charge in [-0.1, -0.05) is 18.2 Å². The summed E-state index contributed by atoms with van der Waals surface area (Å²) in [5.41, 5.74) is 4.31. The number of carbonyl (C=O) groups excluding carboxylic acids is 1. The van der Waals surface area contributed by atoms with Crippen molar-refractivity contribution in [3.05, 3.63) is 75.6 Å². The molecule has 3 rings (SSSR count). The summed E-state index contributed by atoms with van der Waals surface area (Å²) in [6.07, 6.45) is 2.77. The summed E-state index contributed by atoms with van der Waals surface area (Å²) in [7, 11) is 0. The number of benzene rings is 1. The monoisotopic (exact) mass is 324 g/mol. The average Bonchev–Trinajstić information content (AvgIpc) is 3.13. The molecule has 7 nitrogen and oxygen atoms in total. The third-order valence-electron chi connectivity index (χ3n) is 3.59. The van der Waals surface area contributed by atoms with E-state index in [9.17, 15) is 9.59 Å². The second-order valence-corrected chi connectivity index (χ2v) is 5.22. The van der Waals surface area contributed by atoms with Gasteiger partial charge in [0.05, 0.1) is 29.3 Å². The standard InChI is InChI=1S/C17H16N4O3/c1-11-15(10-18-19-16(22)14-8-9-24-12(14)2)17(23)21(20-11)13-6-4-3-5-7-13/h3-10,20H,1-2H3,(H,19,22). The van der Waals surface area contributed by atoms with Crippen LogP contribution in [-0.2, 0) is 0 Å². The lowest BCUT2D eigenvalue weighted by atomic mass is 10.2. The predicted octanol–water partition coefficient (Wildman–Crippen LogP) is 2.14. The van der Waals surface area contributed by atoms with Gasteiger partial charge >= 0.3 is 0 Å². The first kappa shape index (κ1) is 15.5. The molecule has 0 bridgehead atoms. The largest absolute Gasteiger partial charge is 0.469 e. The molecule has 1 aromatic carbocycles. The Labute approximate surface area is 137 Å². The van der Waals surface area contributed by atoms with Crippen LogP contribution in [0.3, 0.4) is 0 Å². The quantitative estimate of drug-likeness (QED) is 0.569. The molecular formula is C17H16N4O3. The highest BCUT2D eigenvalue weighted by atomic mass is 16.3. The fourth-order valence-corrected chi connectivity index (χ4v) is 2.31. The molecule has 0 aliphatic rings. The number of rotatable bonds is 4. The number of hydrogen-bond acceptors (Lipinski definition) is 4. The summed E-state index contributed by atoms with van der Waals surface area (Å²) in [5.74, 6) is 0.112. The van der Waals surface area contributed by atoms with Crippen LogP contribution >= 0.6 is 0 Å². The van der Waals surface area contributed by atoms with E-state index in [2.05, 4.69) is 15.6 Å². The molecule has 0 unspecified atom stereocenters. The lowest BCUT2D eigenvalue weighted by Gasteiger charge is -1.99. The normalized spacial score (nSPS) is 11.1. The van der Waals surface area contributed by atoms with Crippen molar-refractivity contribution < 1.29 is 9.21 Å². The summed E-state index contributed by atoms with van der Waals surface area (Å²) in [5, 5.41) is 6.86. The Balaban J connectivity index is 1.81. The second-order valence-electron chi connectivity index (χ2n) is 5.22. The predicted molar refractivity (Wildman–Crippen MR) is 89.6 cm³/mol. The van der Waals surface area contributed by atoms with Crippen LogP contribution in [0, 0.1) is 13.8 Å². The molecule has 1 amide bonds. The number of furan rings is 1. The number of nitrogens with one attached hydrogen (secondary N) is 2. The molecule has 0 fully saturated rings. The molecule has 0 saturated carbocycles. The number of aromatic nitrogens is 2. The molecule has 0 saturated heterocycles. The number of hydrazone groups is 1. The molecular weight excluding hydrogens is 308 g/mol. The summed E-state index contributed by atoms with van der Waals surface area (Å²) < 4.78 is 6.50. The van der Waals surface area contributed by atoms with Gasteiger partial charge in [-0.15, -0.1) is 0 Å². The first-order valence-corrected chi connectivity index (χ1v) is 7.32. The summed E-state index contributed by atoms with van der Waals surface area (Å²) in [6.45, 7) is 3.46. The van der Waals surface area contributed by atoms with Crippen LogP contribution in [0.2, 0.25) is 0 Å². The van der Waals surface area contributed by atoms with Crippen LogP contribution < -0.4 is 11.0 Å². The highest BCUT2D eigenvalue weighted by Crippen LogP contribution is 2.08. The Bertz CT molecular complexity index is 948. The van der Waals surface area contributed by atoms with Crippen molar-refractivity contribution in [3.63, 3.8) is 0 Å². The van der Waals surface area contributed by atoms with Crippen LogP contribution in [0.1, 0.15) is 27.4 Å². The number of amides is 1. The number of carbonyl (C=O) groups is 1. The number of aryl methyl sites for hydroxylation is 2. The van der Waals surface area contributed by atoms with Crippen molar-refractivity contribution in [1.82, 2.24) is 15.2 Å². The Hall–Kier alpha value is -3.35. The average molecular weight is 324 g/mol. The Morgan fingerprint density at radius 3 is 2.67 bits per heavy atom. The zero-order valence-corrected chi connectivity index (χ0v) is 13.2. The minimum absolute atomic E-state index is 0.240. The fourth-order valence-electron chi connectivity index (χ4n) is 2.31. The van der Waals surface area contributed by atoms with E-state index in [4.69, 9.17) is 4.42 Å². The van der Waals surface area contributed by atoms with Crippen molar-refractivity contribution in [2.75, 3.05) is 0 Å². The van der Waals surface area contributed by atoms with E-state index < -0.39 is 5.91 Å². The van der Waals surface area contributed by atoms with E-state index >= 15 is 0 Å². The fraction of sp³-hybridized carbons (Fsp3) is 0.118. The van der Waals surface area contributed by atoms with Gasteiger partial charge in [-0.3, -0.25) is 14.7 Å². The lowest BCUT2D eigenvalue weighted by molar-refractivity contribution is 0.0953. The van der Waals surface area contributed by atoms with Gasteiger partial charge in [0.2, 0.25) is 0 Å². The molecule has 122 valence electrons. The first-order valence-electron chi connectivity index (χ1n) is 7.32. The van der Waals surface area contributed by atoms with Crippen molar-refractivity contribution in [2.24, 2.45) is 5.10 Å². The maximum absolute atomic E-state index is 12.5. The van der Waals surface area contributed by atoms with Gasteiger partial charge in [-0.2, -0.15) is 5.10 Å². The third-order valence-corrected chi connectivity index (χ3v) is 3.59. The van der Waals surface area contributed by atoms with Crippen LogP contribution in [-0.4, -0.2) is 21.9 Å². The topological polar surface area (TPSA) is 92.4 Å². The Morgan fingerprint density at radius 1 is 1.25 bits per heavy atom. The molecule has 0 spiro atoms. The molecule has 24 heavy (non-hydrogen) atoms. The van der Waals surface area contributed by atoms with Crippen LogP contribution in [0.25, 0.3) is 5.69 Å². The van der Waals surface area contributed by atoms with Gasteiger partial charge in [0.1, 0.15) is 5.76 Å². The van der Waals surface area contributed by atoms with Crippen LogP contribution in [0.5, 0.6) is 0 Å². The summed E-state index contributed by atoms with van der Waals surface area (Å²) in [6, 6.07) is 10.8. The minimum Gasteiger partial charge on any atom is -0.469 e. The Morgan fingerprint density at radius 2 is 2.00 bits per heavy atom. The first-order chi connectivity index (χ1) is 11.6. The minimum atomic E-state index is -0.394. The SMILES string of the molecule is Cc1[nH]n(-c2ccccc2)c(=O)c1C=NNC(=O)c1ccoc1C. The van der Waals surface area contributed by atoms with Gasteiger partial charge in [0, 0.05) is 5.69 Å². The van der Waals surface area contributed by atoms with Crippen molar-refractivity contribution in [2.45, 2.75) is 13.8 Å². The molecule has 2 N–H and O–H groups in total. The molecule has 0 radical (unpaired) electrons.